The zero-order valence-corrected chi connectivity index (χ0v) is 10.7. The van der Waals surface area contributed by atoms with E-state index in [9.17, 15) is 4.79 Å². The van der Waals surface area contributed by atoms with E-state index in [0.717, 1.165) is 5.56 Å². The van der Waals surface area contributed by atoms with Gasteiger partial charge in [-0.15, -0.1) is 5.10 Å². The van der Waals surface area contributed by atoms with Crippen LogP contribution in [0.5, 0.6) is 0 Å². The molecule has 0 spiro atoms. The Bertz CT molecular complexity index is 741. The molecule has 0 atom stereocenters. The number of amides is 1. The van der Waals surface area contributed by atoms with E-state index in [4.69, 9.17) is 0 Å². The molecule has 0 aliphatic carbocycles. The summed E-state index contributed by atoms with van der Waals surface area (Å²) in [6.07, 6.45) is 3.50. The third kappa shape index (κ3) is 2.29. The van der Waals surface area contributed by atoms with Gasteiger partial charge in [0.2, 0.25) is 5.95 Å². The normalized spacial score (nSPS) is 10.4. The minimum atomic E-state index is -0.239. The molecule has 0 radical (unpaired) electrons. The zero-order valence-electron chi connectivity index (χ0n) is 10.7. The van der Waals surface area contributed by atoms with Crippen LogP contribution in [0.3, 0.4) is 0 Å². The Kier molecular flexibility index (Phi) is 3.01. The van der Waals surface area contributed by atoms with E-state index in [1.54, 1.807) is 28.9 Å². The summed E-state index contributed by atoms with van der Waals surface area (Å²) in [5, 5.41) is 6.85. The average molecular weight is 264 g/mol. The summed E-state index contributed by atoms with van der Waals surface area (Å²) in [5.74, 6) is 0.0468. The number of carbonyl (C=O) groups is 1. The van der Waals surface area contributed by atoms with E-state index in [0.29, 0.717) is 11.2 Å². The van der Waals surface area contributed by atoms with Crippen LogP contribution in [0.4, 0.5) is 5.95 Å². The summed E-state index contributed by atoms with van der Waals surface area (Å²) in [4.78, 5) is 16.3. The standard InChI is InChI=1S/C15H12N4O/c1-2-11-6-8-12(9-7-11)14(20)17-15-16-13-5-3-4-10-19(13)18-15/h2-10H,1H2,(H,17,18,20). The summed E-state index contributed by atoms with van der Waals surface area (Å²) < 4.78 is 1.61. The van der Waals surface area contributed by atoms with Crippen LogP contribution in [0.15, 0.2) is 55.2 Å². The molecule has 5 nitrogen and oxygen atoms in total. The molecular formula is C15H12N4O. The van der Waals surface area contributed by atoms with Gasteiger partial charge in [-0.3, -0.25) is 10.1 Å². The van der Waals surface area contributed by atoms with Crippen LogP contribution in [0.2, 0.25) is 0 Å². The molecule has 0 bridgehead atoms. The fourth-order valence-electron chi connectivity index (χ4n) is 1.83. The first-order valence-electron chi connectivity index (χ1n) is 6.11. The van der Waals surface area contributed by atoms with Crippen molar-refractivity contribution < 1.29 is 4.79 Å². The number of nitrogens with one attached hydrogen (secondary N) is 1. The molecule has 0 saturated heterocycles. The zero-order chi connectivity index (χ0) is 13.9. The van der Waals surface area contributed by atoms with E-state index < -0.39 is 0 Å². The summed E-state index contributed by atoms with van der Waals surface area (Å²) in [5.41, 5.74) is 2.20. The topological polar surface area (TPSA) is 59.3 Å². The van der Waals surface area contributed by atoms with Gasteiger partial charge in [0, 0.05) is 11.8 Å². The average Bonchev–Trinajstić information content (AvgIpc) is 2.89. The highest BCUT2D eigenvalue weighted by molar-refractivity contribution is 6.03. The molecule has 1 aromatic carbocycles. The SMILES string of the molecule is C=Cc1ccc(C(=O)Nc2nc3ccccn3n2)cc1. The molecule has 2 heterocycles. The minimum Gasteiger partial charge on any atom is -0.289 e. The number of aromatic nitrogens is 3. The number of hydrogen-bond donors (Lipinski definition) is 1. The van der Waals surface area contributed by atoms with Gasteiger partial charge in [0.05, 0.1) is 0 Å². The highest BCUT2D eigenvalue weighted by Crippen LogP contribution is 2.09. The monoisotopic (exact) mass is 264 g/mol. The summed E-state index contributed by atoms with van der Waals surface area (Å²) in [6, 6.07) is 12.7. The number of anilines is 1. The lowest BCUT2D eigenvalue weighted by Gasteiger charge is -2.01. The highest BCUT2D eigenvalue weighted by atomic mass is 16.1. The predicted molar refractivity (Wildman–Crippen MR) is 77.5 cm³/mol. The molecule has 3 rings (SSSR count). The summed E-state index contributed by atoms with van der Waals surface area (Å²) in [6.45, 7) is 3.67. The fourth-order valence-corrected chi connectivity index (χ4v) is 1.83. The highest BCUT2D eigenvalue weighted by Gasteiger charge is 2.09. The molecule has 0 aliphatic heterocycles. The van der Waals surface area contributed by atoms with Gasteiger partial charge < -0.3 is 0 Å². The molecule has 3 aromatic rings. The first-order valence-corrected chi connectivity index (χ1v) is 6.11. The Morgan fingerprint density at radius 1 is 1.20 bits per heavy atom. The molecule has 1 amide bonds. The van der Waals surface area contributed by atoms with Crippen molar-refractivity contribution in [3.05, 3.63) is 66.4 Å². The second kappa shape index (κ2) is 4.97. The Morgan fingerprint density at radius 2 is 2.00 bits per heavy atom. The lowest BCUT2D eigenvalue weighted by molar-refractivity contribution is 0.102. The Labute approximate surface area is 115 Å². The molecule has 2 aromatic heterocycles. The Balaban J connectivity index is 1.82. The number of hydrogen-bond acceptors (Lipinski definition) is 3. The van der Waals surface area contributed by atoms with Gasteiger partial charge >= 0.3 is 0 Å². The molecule has 0 aliphatic rings. The molecule has 0 saturated carbocycles. The van der Waals surface area contributed by atoms with Gasteiger partial charge in [0.25, 0.3) is 5.91 Å². The van der Waals surface area contributed by atoms with Crippen LogP contribution in [0.25, 0.3) is 11.7 Å². The Morgan fingerprint density at radius 3 is 2.70 bits per heavy atom. The van der Waals surface area contributed by atoms with E-state index in [1.165, 1.54) is 0 Å². The first kappa shape index (κ1) is 12.1. The number of nitrogens with zero attached hydrogens (tertiary/aromatic N) is 3. The smallest absolute Gasteiger partial charge is 0.258 e. The maximum absolute atomic E-state index is 12.1. The molecule has 0 unspecified atom stereocenters. The van der Waals surface area contributed by atoms with E-state index in [2.05, 4.69) is 22.0 Å². The van der Waals surface area contributed by atoms with Gasteiger partial charge in [0.1, 0.15) is 0 Å². The molecule has 0 fully saturated rings. The van der Waals surface area contributed by atoms with Crippen molar-refractivity contribution in [3.8, 4) is 0 Å². The fraction of sp³-hybridized carbons (Fsp3) is 0. The van der Waals surface area contributed by atoms with E-state index in [1.807, 2.05) is 30.3 Å². The number of carbonyl (C=O) groups excluding carboxylic acids is 1. The van der Waals surface area contributed by atoms with Gasteiger partial charge in [-0.25, -0.2) is 4.52 Å². The number of fused-ring (bicyclic) bond motifs is 1. The third-order valence-corrected chi connectivity index (χ3v) is 2.88. The maximum Gasteiger partial charge on any atom is 0.258 e. The summed E-state index contributed by atoms with van der Waals surface area (Å²) >= 11 is 0. The maximum atomic E-state index is 12.1. The van der Waals surface area contributed by atoms with E-state index in [-0.39, 0.29) is 11.9 Å². The first-order chi connectivity index (χ1) is 9.76. The van der Waals surface area contributed by atoms with Crippen molar-refractivity contribution in [1.29, 1.82) is 0 Å². The van der Waals surface area contributed by atoms with Crippen molar-refractivity contribution >= 4 is 23.6 Å². The van der Waals surface area contributed by atoms with Crippen LogP contribution >= 0.6 is 0 Å². The van der Waals surface area contributed by atoms with Gasteiger partial charge in [0.15, 0.2) is 5.65 Å². The van der Waals surface area contributed by atoms with Crippen LogP contribution in [-0.2, 0) is 0 Å². The lowest BCUT2D eigenvalue weighted by atomic mass is 10.1. The van der Waals surface area contributed by atoms with Crippen LogP contribution in [0.1, 0.15) is 15.9 Å². The minimum absolute atomic E-state index is 0.239. The number of benzene rings is 1. The van der Waals surface area contributed by atoms with Gasteiger partial charge in [-0.2, -0.15) is 4.98 Å². The predicted octanol–water partition coefficient (Wildman–Crippen LogP) is 2.62. The second-order valence-electron chi connectivity index (χ2n) is 4.22. The molecule has 20 heavy (non-hydrogen) atoms. The third-order valence-electron chi connectivity index (χ3n) is 2.88. The number of rotatable bonds is 3. The van der Waals surface area contributed by atoms with Crippen molar-refractivity contribution in [2.75, 3.05) is 5.32 Å². The molecule has 5 heteroatoms. The Hall–Kier alpha value is -2.95. The van der Waals surface area contributed by atoms with Crippen molar-refractivity contribution in [3.63, 3.8) is 0 Å². The molecular weight excluding hydrogens is 252 g/mol. The van der Waals surface area contributed by atoms with Crippen molar-refractivity contribution in [2.24, 2.45) is 0 Å². The summed E-state index contributed by atoms with van der Waals surface area (Å²) in [7, 11) is 0. The largest absolute Gasteiger partial charge is 0.289 e. The van der Waals surface area contributed by atoms with Crippen molar-refractivity contribution in [2.45, 2.75) is 0 Å². The van der Waals surface area contributed by atoms with Crippen molar-refractivity contribution in [1.82, 2.24) is 14.6 Å². The van der Waals surface area contributed by atoms with E-state index >= 15 is 0 Å². The van der Waals surface area contributed by atoms with Crippen LogP contribution < -0.4 is 5.32 Å². The van der Waals surface area contributed by atoms with Crippen LogP contribution in [-0.4, -0.2) is 20.5 Å². The molecule has 1 N–H and O–H groups in total. The van der Waals surface area contributed by atoms with Crippen LogP contribution in [0, 0.1) is 0 Å². The second-order valence-corrected chi connectivity index (χ2v) is 4.22. The molecule has 98 valence electrons. The number of pyridine rings is 1. The van der Waals surface area contributed by atoms with Gasteiger partial charge in [-0.05, 0) is 29.8 Å². The lowest BCUT2D eigenvalue weighted by Crippen LogP contribution is -2.12. The quantitative estimate of drug-likeness (QED) is 0.791. The van der Waals surface area contributed by atoms with Gasteiger partial charge in [-0.1, -0.05) is 30.9 Å².